The van der Waals surface area contributed by atoms with Crippen LogP contribution in [0.5, 0.6) is 0 Å². The molecule has 0 atom stereocenters. The topological polar surface area (TPSA) is 96.7 Å². The zero-order valence-electron chi connectivity index (χ0n) is 11.1. The summed E-state index contributed by atoms with van der Waals surface area (Å²) >= 11 is 0. The van der Waals surface area contributed by atoms with Gasteiger partial charge in [0.15, 0.2) is 0 Å². The van der Waals surface area contributed by atoms with Gasteiger partial charge in [-0.3, -0.25) is 15.1 Å². The molecular weight excluding hydrogens is 270 g/mol. The molecule has 1 aromatic carbocycles. The molecule has 0 aliphatic carbocycles. The number of hydrogen-bond acceptors (Lipinski definition) is 5. The van der Waals surface area contributed by atoms with E-state index in [9.17, 15) is 10.1 Å². The largest absolute Gasteiger partial charge is 0.384 e. The van der Waals surface area contributed by atoms with Crippen molar-refractivity contribution < 1.29 is 4.92 Å². The molecule has 7 heteroatoms. The summed E-state index contributed by atoms with van der Waals surface area (Å²) in [6, 6.07) is 5.01. The Morgan fingerprint density at radius 2 is 2.10 bits per heavy atom. The standard InChI is InChI=1S/C14H13N5O2/c20-19(21)14-2-1-13(11-4-5-15-8-12(11)14)17-6-3-10-7-16-9-18-10/h1-2,4-5,7-9,17H,3,6H2,(H,16,18). The number of benzene rings is 1. The monoisotopic (exact) mass is 283 g/mol. The summed E-state index contributed by atoms with van der Waals surface area (Å²) in [5.74, 6) is 0. The van der Waals surface area contributed by atoms with E-state index in [0.717, 1.165) is 23.2 Å². The maximum atomic E-state index is 11.0. The highest BCUT2D eigenvalue weighted by atomic mass is 16.6. The van der Waals surface area contributed by atoms with Crippen LogP contribution in [0.15, 0.2) is 43.1 Å². The number of pyridine rings is 1. The molecule has 3 rings (SSSR count). The minimum absolute atomic E-state index is 0.0669. The minimum Gasteiger partial charge on any atom is -0.384 e. The van der Waals surface area contributed by atoms with Crippen molar-refractivity contribution in [2.45, 2.75) is 6.42 Å². The lowest BCUT2D eigenvalue weighted by Crippen LogP contribution is -2.06. The first-order valence-corrected chi connectivity index (χ1v) is 6.48. The number of aromatic nitrogens is 3. The first-order valence-electron chi connectivity index (χ1n) is 6.48. The molecule has 0 saturated carbocycles. The number of H-pyrrole nitrogens is 1. The predicted molar refractivity (Wildman–Crippen MR) is 79.2 cm³/mol. The van der Waals surface area contributed by atoms with Crippen LogP contribution in [0.4, 0.5) is 11.4 Å². The SMILES string of the molecule is O=[N+]([O-])c1ccc(NCCc2cnc[nH]2)c2ccncc12. The van der Waals surface area contributed by atoms with Crippen molar-refractivity contribution in [2.75, 3.05) is 11.9 Å². The van der Waals surface area contributed by atoms with E-state index < -0.39 is 4.92 Å². The number of hydrogen-bond donors (Lipinski definition) is 2. The van der Waals surface area contributed by atoms with Crippen LogP contribution < -0.4 is 5.32 Å². The summed E-state index contributed by atoms with van der Waals surface area (Å²) in [7, 11) is 0. The Morgan fingerprint density at radius 3 is 2.86 bits per heavy atom. The molecule has 0 spiro atoms. The van der Waals surface area contributed by atoms with E-state index in [1.165, 1.54) is 12.3 Å². The molecule has 2 aromatic heterocycles. The van der Waals surface area contributed by atoms with Crippen LogP contribution in [-0.4, -0.2) is 26.4 Å². The van der Waals surface area contributed by atoms with Gasteiger partial charge in [-0.2, -0.15) is 0 Å². The highest BCUT2D eigenvalue weighted by Gasteiger charge is 2.13. The first-order chi connectivity index (χ1) is 10.3. The van der Waals surface area contributed by atoms with Crippen molar-refractivity contribution >= 4 is 22.1 Å². The normalized spacial score (nSPS) is 10.7. The summed E-state index contributed by atoms with van der Waals surface area (Å²) in [5.41, 5.74) is 1.96. The summed E-state index contributed by atoms with van der Waals surface area (Å²) < 4.78 is 0. The number of nitro groups is 1. The fraction of sp³-hybridized carbons (Fsp3) is 0.143. The lowest BCUT2D eigenvalue weighted by atomic mass is 10.1. The third kappa shape index (κ3) is 2.66. The van der Waals surface area contributed by atoms with Crippen LogP contribution in [-0.2, 0) is 6.42 Å². The lowest BCUT2D eigenvalue weighted by Gasteiger charge is -2.09. The second-order valence-corrected chi connectivity index (χ2v) is 4.56. The summed E-state index contributed by atoms with van der Waals surface area (Å²) in [5, 5.41) is 15.7. The average molecular weight is 283 g/mol. The van der Waals surface area contributed by atoms with Crippen LogP contribution in [0.25, 0.3) is 10.8 Å². The molecule has 0 saturated heterocycles. The highest BCUT2D eigenvalue weighted by molar-refractivity contribution is 5.99. The molecule has 21 heavy (non-hydrogen) atoms. The minimum atomic E-state index is -0.390. The van der Waals surface area contributed by atoms with Gasteiger partial charge in [-0.15, -0.1) is 0 Å². The Labute approximate surface area is 120 Å². The number of nitrogens with one attached hydrogen (secondary N) is 2. The number of imidazole rings is 1. The zero-order valence-corrected chi connectivity index (χ0v) is 11.1. The molecule has 2 heterocycles. The number of fused-ring (bicyclic) bond motifs is 1. The first kappa shape index (κ1) is 13.0. The van der Waals surface area contributed by atoms with Crippen LogP contribution >= 0.6 is 0 Å². The molecule has 0 fully saturated rings. The molecule has 0 radical (unpaired) electrons. The molecular formula is C14H13N5O2. The number of anilines is 1. The Bertz CT molecular complexity index is 770. The van der Waals surface area contributed by atoms with Crippen molar-refractivity contribution in [3.8, 4) is 0 Å². The number of nitro benzene ring substituents is 1. The van der Waals surface area contributed by atoms with E-state index in [1.807, 2.05) is 0 Å². The van der Waals surface area contributed by atoms with Crippen molar-refractivity contribution in [3.05, 3.63) is 58.9 Å². The Balaban J connectivity index is 1.85. The van der Waals surface area contributed by atoms with Crippen molar-refractivity contribution in [3.63, 3.8) is 0 Å². The fourth-order valence-corrected chi connectivity index (χ4v) is 2.24. The average Bonchev–Trinajstić information content (AvgIpc) is 3.00. The second-order valence-electron chi connectivity index (χ2n) is 4.56. The van der Waals surface area contributed by atoms with Crippen molar-refractivity contribution in [2.24, 2.45) is 0 Å². The van der Waals surface area contributed by atoms with Crippen LogP contribution in [0.2, 0.25) is 0 Å². The van der Waals surface area contributed by atoms with Gasteiger partial charge in [0.2, 0.25) is 0 Å². The fourth-order valence-electron chi connectivity index (χ4n) is 2.24. The van der Waals surface area contributed by atoms with Crippen LogP contribution in [0.3, 0.4) is 0 Å². The summed E-state index contributed by atoms with van der Waals surface area (Å²) in [6.07, 6.45) is 7.37. The van der Waals surface area contributed by atoms with E-state index in [1.54, 1.807) is 30.9 Å². The van der Waals surface area contributed by atoms with Crippen molar-refractivity contribution in [1.29, 1.82) is 0 Å². The number of aromatic amines is 1. The number of rotatable bonds is 5. The van der Waals surface area contributed by atoms with E-state index in [-0.39, 0.29) is 5.69 Å². The molecule has 0 amide bonds. The summed E-state index contributed by atoms with van der Waals surface area (Å²) in [4.78, 5) is 21.6. The summed E-state index contributed by atoms with van der Waals surface area (Å²) in [6.45, 7) is 0.706. The van der Waals surface area contributed by atoms with Crippen LogP contribution in [0, 0.1) is 10.1 Å². The Kier molecular flexibility index (Phi) is 3.46. The van der Waals surface area contributed by atoms with Gasteiger partial charge in [0, 0.05) is 54.4 Å². The molecule has 3 aromatic rings. The van der Waals surface area contributed by atoms with E-state index in [2.05, 4.69) is 20.3 Å². The van der Waals surface area contributed by atoms with Crippen molar-refractivity contribution in [1.82, 2.24) is 15.0 Å². The van der Waals surface area contributed by atoms with Crippen LogP contribution in [0.1, 0.15) is 5.69 Å². The zero-order chi connectivity index (χ0) is 14.7. The Morgan fingerprint density at radius 1 is 1.19 bits per heavy atom. The Hall–Kier alpha value is -2.96. The van der Waals surface area contributed by atoms with Gasteiger partial charge in [0.1, 0.15) is 0 Å². The molecule has 106 valence electrons. The maximum absolute atomic E-state index is 11.0. The predicted octanol–water partition coefficient (Wildman–Crippen LogP) is 2.52. The molecule has 7 nitrogen and oxygen atoms in total. The molecule has 0 unspecified atom stereocenters. The van der Waals surface area contributed by atoms with Gasteiger partial charge < -0.3 is 10.3 Å². The molecule has 0 aliphatic heterocycles. The van der Waals surface area contributed by atoms with E-state index >= 15 is 0 Å². The van der Waals surface area contributed by atoms with Gasteiger partial charge in [-0.1, -0.05) is 0 Å². The van der Waals surface area contributed by atoms with Gasteiger partial charge in [0.25, 0.3) is 5.69 Å². The maximum Gasteiger partial charge on any atom is 0.278 e. The lowest BCUT2D eigenvalue weighted by molar-refractivity contribution is -0.383. The molecule has 2 N–H and O–H groups in total. The molecule has 0 aliphatic rings. The number of nitrogens with zero attached hydrogens (tertiary/aromatic N) is 3. The number of non-ortho nitro benzene ring substituents is 1. The quantitative estimate of drug-likeness (QED) is 0.554. The van der Waals surface area contributed by atoms with Gasteiger partial charge in [-0.25, -0.2) is 4.98 Å². The highest BCUT2D eigenvalue weighted by Crippen LogP contribution is 2.30. The smallest absolute Gasteiger partial charge is 0.278 e. The van der Waals surface area contributed by atoms with E-state index in [4.69, 9.17) is 0 Å². The van der Waals surface area contributed by atoms with Gasteiger partial charge in [0.05, 0.1) is 16.6 Å². The third-order valence-corrected chi connectivity index (χ3v) is 3.26. The van der Waals surface area contributed by atoms with Gasteiger partial charge >= 0.3 is 0 Å². The second kappa shape index (κ2) is 5.58. The molecule has 0 bridgehead atoms. The van der Waals surface area contributed by atoms with Gasteiger partial charge in [-0.05, 0) is 12.1 Å². The van der Waals surface area contributed by atoms with E-state index in [0.29, 0.717) is 11.9 Å². The third-order valence-electron chi connectivity index (χ3n) is 3.26.